The van der Waals surface area contributed by atoms with Crippen LogP contribution in [0.4, 0.5) is 4.79 Å². The predicted molar refractivity (Wildman–Crippen MR) is 62.1 cm³/mol. The lowest BCUT2D eigenvalue weighted by molar-refractivity contribution is 0.197. The Hall–Kier alpha value is -1.22. The Morgan fingerprint density at radius 1 is 1.47 bits per heavy atom. The first kappa shape index (κ1) is 11.9. The summed E-state index contributed by atoms with van der Waals surface area (Å²) in [5.41, 5.74) is 0.949. The second-order valence-corrected chi connectivity index (χ2v) is 3.77. The van der Waals surface area contributed by atoms with Gasteiger partial charge in [-0.15, -0.1) is 0 Å². The van der Waals surface area contributed by atoms with Gasteiger partial charge in [0.05, 0.1) is 6.04 Å². The zero-order valence-electron chi connectivity index (χ0n) is 9.12. The van der Waals surface area contributed by atoms with E-state index < -0.39 is 0 Å². The van der Waals surface area contributed by atoms with Gasteiger partial charge in [-0.1, -0.05) is 29.8 Å². The van der Waals surface area contributed by atoms with E-state index in [0.717, 1.165) is 5.56 Å². The summed E-state index contributed by atoms with van der Waals surface area (Å²) in [5, 5.41) is 3.26. The van der Waals surface area contributed by atoms with Gasteiger partial charge in [0.15, 0.2) is 0 Å². The van der Waals surface area contributed by atoms with E-state index in [1.54, 1.807) is 19.0 Å². The molecular weight excluding hydrogens is 212 g/mol. The number of amides is 2. The van der Waals surface area contributed by atoms with Gasteiger partial charge >= 0.3 is 6.03 Å². The first-order valence-corrected chi connectivity index (χ1v) is 5.14. The predicted octanol–water partition coefficient (Wildman–Crippen LogP) is 2.67. The van der Waals surface area contributed by atoms with Crippen molar-refractivity contribution in [1.82, 2.24) is 10.2 Å². The summed E-state index contributed by atoms with van der Waals surface area (Å²) < 4.78 is 0. The second kappa shape index (κ2) is 5.03. The minimum atomic E-state index is -0.123. The van der Waals surface area contributed by atoms with E-state index in [9.17, 15) is 4.79 Å². The molecule has 0 saturated carbocycles. The molecule has 1 unspecified atom stereocenters. The van der Waals surface area contributed by atoms with E-state index in [-0.39, 0.29) is 12.1 Å². The summed E-state index contributed by atoms with van der Waals surface area (Å²) in [4.78, 5) is 13.0. The van der Waals surface area contributed by atoms with Crippen LogP contribution in [-0.2, 0) is 0 Å². The van der Waals surface area contributed by atoms with Gasteiger partial charge in [0.2, 0.25) is 0 Å². The number of halogens is 1. The molecule has 0 aliphatic heterocycles. The van der Waals surface area contributed by atoms with Crippen molar-refractivity contribution in [2.75, 3.05) is 14.1 Å². The molecule has 0 bridgehead atoms. The number of carbonyl (C=O) groups is 1. The molecule has 0 aromatic heterocycles. The van der Waals surface area contributed by atoms with Gasteiger partial charge in [-0.3, -0.25) is 0 Å². The number of rotatable bonds is 2. The van der Waals surface area contributed by atoms with Crippen LogP contribution in [-0.4, -0.2) is 25.0 Å². The standard InChI is InChI=1S/C11H15ClN2O/c1-8(14(3)11(15)13-2)9-6-4-5-7-10(9)12/h4-8H,1-3H3,(H,13,15). The third kappa shape index (κ3) is 2.63. The molecule has 0 radical (unpaired) electrons. The number of hydrogen-bond donors (Lipinski definition) is 1. The fourth-order valence-electron chi connectivity index (χ4n) is 1.37. The Bertz CT molecular complexity index is 354. The Balaban J connectivity index is 2.89. The van der Waals surface area contributed by atoms with Crippen molar-refractivity contribution in [1.29, 1.82) is 0 Å². The van der Waals surface area contributed by atoms with Gasteiger partial charge < -0.3 is 10.2 Å². The number of carbonyl (C=O) groups excluding carboxylic acids is 1. The number of nitrogens with one attached hydrogen (secondary N) is 1. The molecule has 1 aromatic rings. The highest BCUT2D eigenvalue weighted by Gasteiger charge is 2.17. The molecule has 0 aliphatic carbocycles. The van der Waals surface area contributed by atoms with Crippen molar-refractivity contribution >= 4 is 17.6 Å². The van der Waals surface area contributed by atoms with Crippen molar-refractivity contribution < 1.29 is 4.79 Å². The maximum atomic E-state index is 11.4. The van der Waals surface area contributed by atoms with Gasteiger partial charge in [-0.2, -0.15) is 0 Å². The lowest BCUT2D eigenvalue weighted by Crippen LogP contribution is -2.36. The molecule has 3 nitrogen and oxygen atoms in total. The minimum Gasteiger partial charge on any atom is -0.341 e. The zero-order valence-corrected chi connectivity index (χ0v) is 9.88. The quantitative estimate of drug-likeness (QED) is 0.826. The summed E-state index contributed by atoms with van der Waals surface area (Å²) in [6.45, 7) is 1.94. The highest BCUT2D eigenvalue weighted by atomic mass is 35.5. The van der Waals surface area contributed by atoms with Gasteiger partial charge in [0, 0.05) is 19.1 Å². The molecular formula is C11H15ClN2O. The molecule has 1 rings (SSSR count). The summed E-state index contributed by atoms with van der Waals surface area (Å²) >= 11 is 6.05. The van der Waals surface area contributed by atoms with Crippen LogP contribution in [0.3, 0.4) is 0 Å². The Morgan fingerprint density at radius 3 is 2.60 bits per heavy atom. The zero-order chi connectivity index (χ0) is 11.4. The molecule has 1 N–H and O–H groups in total. The number of urea groups is 1. The first-order chi connectivity index (χ1) is 7.07. The number of hydrogen-bond acceptors (Lipinski definition) is 1. The smallest absolute Gasteiger partial charge is 0.317 e. The van der Waals surface area contributed by atoms with Crippen LogP contribution in [0, 0.1) is 0 Å². The SMILES string of the molecule is CNC(=O)N(C)C(C)c1ccccc1Cl. The van der Waals surface area contributed by atoms with Crippen LogP contribution in [0.5, 0.6) is 0 Å². The lowest BCUT2D eigenvalue weighted by atomic mass is 10.1. The van der Waals surface area contributed by atoms with Crippen molar-refractivity contribution in [2.45, 2.75) is 13.0 Å². The fraction of sp³-hybridized carbons (Fsp3) is 0.364. The van der Waals surface area contributed by atoms with Crippen LogP contribution in [0.2, 0.25) is 5.02 Å². The van der Waals surface area contributed by atoms with Crippen LogP contribution < -0.4 is 5.32 Å². The lowest BCUT2D eigenvalue weighted by Gasteiger charge is -2.25. The number of benzene rings is 1. The van der Waals surface area contributed by atoms with Crippen LogP contribution in [0.1, 0.15) is 18.5 Å². The van der Waals surface area contributed by atoms with E-state index in [4.69, 9.17) is 11.6 Å². The highest BCUT2D eigenvalue weighted by molar-refractivity contribution is 6.31. The normalized spacial score (nSPS) is 12.0. The third-order valence-corrected chi connectivity index (χ3v) is 2.81. The molecule has 1 atom stereocenters. The largest absolute Gasteiger partial charge is 0.341 e. The van der Waals surface area contributed by atoms with E-state index in [1.165, 1.54) is 0 Å². The average molecular weight is 227 g/mol. The molecule has 82 valence electrons. The van der Waals surface area contributed by atoms with E-state index >= 15 is 0 Å². The molecule has 0 heterocycles. The van der Waals surface area contributed by atoms with E-state index in [2.05, 4.69) is 5.32 Å². The van der Waals surface area contributed by atoms with E-state index in [0.29, 0.717) is 5.02 Å². The molecule has 0 aliphatic rings. The molecule has 0 saturated heterocycles. The molecule has 1 aromatic carbocycles. The van der Waals surface area contributed by atoms with Crippen LogP contribution in [0.25, 0.3) is 0 Å². The highest BCUT2D eigenvalue weighted by Crippen LogP contribution is 2.25. The summed E-state index contributed by atoms with van der Waals surface area (Å²) in [5.74, 6) is 0. The molecule has 4 heteroatoms. The fourth-order valence-corrected chi connectivity index (χ4v) is 1.67. The maximum Gasteiger partial charge on any atom is 0.317 e. The van der Waals surface area contributed by atoms with Gasteiger partial charge in [0.1, 0.15) is 0 Å². The molecule has 15 heavy (non-hydrogen) atoms. The Kier molecular flexibility index (Phi) is 3.97. The Morgan fingerprint density at radius 2 is 2.07 bits per heavy atom. The van der Waals surface area contributed by atoms with Gasteiger partial charge in [-0.05, 0) is 18.6 Å². The van der Waals surface area contributed by atoms with Crippen molar-refractivity contribution in [2.24, 2.45) is 0 Å². The molecule has 2 amide bonds. The minimum absolute atomic E-state index is 0.0429. The van der Waals surface area contributed by atoms with Crippen molar-refractivity contribution in [3.05, 3.63) is 34.9 Å². The topological polar surface area (TPSA) is 32.3 Å². The van der Waals surface area contributed by atoms with Crippen LogP contribution >= 0.6 is 11.6 Å². The molecule has 0 fully saturated rings. The summed E-state index contributed by atoms with van der Waals surface area (Å²) in [7, 11) is 3.35. The first-order valence-electron chi connectivity index (χ1n) is 4.77. The summed E-state index contributed by atoms with van der Waals surface area (Å²) in [6, 6.07) is 7.37. The third-order valence-electron chi connectivity index (χ3n) is 2.47. The van der Waals surface area contributed by atoms with Crippen LogP contribution in [0.15, 0.2) is 24.3 Å². The second-order valence-electron chi connectivity index (χ2n) is 3.36. The van der Waals surface area contributed by atoms with Gasteiger partial charge in [0.25, 0.3) is 0 Å². The molecule has 0 spiro atoms. The maximum absolute atomic E-state index is 11.4. The summed E-state index contributed by atoms with van der Waals surface area (Å²) in [6.07, 6.45) is 0. The monoisotopic (exact) mass is 226 g/mol. The van der Waals surface area contributed by atoms with Crippen molar-refractivity contribution in [3.63, 3.8) is 0 Å². The van der Waals surface area contributed by atoms with Crippen molar-refractivity contribution in [3.8, 4) is 0 Å². The van der Waals surface area contributed by atoms with E-state index in [1.807, 2.05) is 31.2 Å². The average Bonchev–Trinajstić information content (AvgIpc) is 2.26. The van der Waals surface area contributed by atoms with Gasteiger partial charge in [-0.25, -0.2) is 4.79 Å². The number of nitrogens with zero attached hydrogens (tertiary/aromatic N) is 1. The Labute approximate surface area is 95.0 Å².